The molecule has 7 rings (SSSR count). The molecule has 0 aliphatic carbocycles. The van der Waals surface area contributed by atoms with Crippen LogP contribution in [0.4, 0.5) is 8.78 Å². The molecule has 0 fully saturated rings. The van der Waals surface area contributed by atoms with E-state index < -0.39 is 28.6 Å². The van der Waals surface area contributed by atoms with Crippen molar-refractivity contribution in [2.24, 2.45) is 0 Å². The van der Waals surface area contributed by atoms with E-state index in [9.17, 15) is 9.90 Å². The molecule has 252 valence electrons. The highest BCUT2D eigenvalue weighted by Gasteiger charge is 2.33. The van der Waals surface area contributed by atoms with Gasteiger partial charge in [0.2, 0.25) is 0 Å². The monoisotopic (exact) mass is 666 g/mol. The molecule has 3 aromatic carbocycles. The van der Waals surface area contributed by atoms with Gasteiger partial charge in [0.05, 0.1) is 18.3 Å². The zero-order valence-electron chi connectivity index (χ0n) is 27.4. The number of H-pyrrole nitrogens is 2. The number of nitrogens with one attached hydrogen (secondary N) is 2. The zero-order valence-corrected chi connectivity index (χ0v) is 27.4. The molecule has 1 aliphatic rings. The summed E-state index contributed by atoms with van der Waals surface area (Å²) in [6.07, 6.45) is 6.91. The Morgan fingerprint density at radius 2 is 1.94 bits per heavy atom. The normalized spacial score (nSPS) is 17.8. The highest BCUT2D eigenvalue weighted by Crippen LogP contribution is 2.40. The fourth-order valence-corrected chi connectivity index (χ4v) is 6.49. The number of aryl methyl sites for hydroxylation is 1. The van der Waals surface area contributed by atoms with Gasteiger partial charge in [-0.3, -0.25) is 4.79 Å². The molecule has 1 unspecified atom stereocenters. The number of aliphatic carboxylic acids is 1. The Labute approximate surface area is 281 Å². The summed E-state index contributed by atoms with van der Waals surface area (Å²) in [6.45, 7) is 6.50. The van der Waals surface area contributed by atoms with Gasteiger partial charge in [0, 0.05) is 59.1 Å². The SMILES string of the molecule is CC1(C)OCCCC(C)(c2cccc(CCC(=O)O)c2)c2cnc([nH]2)-c2cc(ccc2F)Oc2c(F)cc3[nH]ccc3c2Cn2cc1nn2. The molecular weight excluding hydrogens is 630 g/mol. The number of aromatic nitrogens is 6. The molecule has 4 heterocycles. The van der Waals surface area contributed by atoms with Crippen molar-refractivity contribution >= 4 is 16.9 Å². The molecule has 12 heteroatoms. The highest BCUT2D eigenvalue weighted by molar-refractivity contribution is 5.85. The van der Waals surface area contributed by atoms with Gasteiger partial charge in [0.15, 0.2) is 11.6 Å². The van der Waals surface area contributed by atoms with Crippen LogP contribution in [-0.2, 0) is 33.5 Å². The average Bonchev–Trinajstić information content (AvgIpc) is 3.86. The van der Waals surface area contributed by atoms with E-state index in [1.165, 1.54) is 24.3 Å². The molecule has 3 aromatic heterocycles. The first-order valence-corrected chi connectivity index (χ1v) is 16.2. The maximum Gasteiger partial charge on any atom is 0.303 e. The van der Waals surface area contributed by atoms with Gasteiger partial charge >= 0.3 is 5.97 Å². The highest BCUT2D eigenvalue weighted by atomic mass is 19.1. The molecule has 0 amide bonds. The molecule has 1 atom stereocenters. The average molecular weight is 667 g/mol. The number of ether oxygens (including phenoxy) is 2. The van der Waals surface area contributed by atoms with Crippen LogP contribution < -0.4 is 4.74 Å². The number of benzene rings is 3. The molecule has 1 aliphatic heterocycles. The molecule has 0 spiro atoms. The van der Waals surface area contributed by atoms with Crippen molar-refractivity contribution in [2.75, 3.05) is 6.61 Å². The van der Waals surface area contributed by atoms with Crippen LogP contribution in [0.3, 0.4) is 0 Å². The number of rotatable bonds is 4. The van der Waals surface area contributed by atoms with Gasteiger partial charge in [-0.05, 0) is 75.4 Å². The van der Waals surface area contributed by atoms with Crippen LogP contribution in [0.2, 0.25) is 0 Å². The van der Waals surface area contributed by atoms with Crippen LogP contribution in [-0.4, -0.2) is 47.6 Å². The van der Waals surface area contributed by atoms with E-state index in [0.717, 1.165) is 22.2 Å². The Balaban J connectivity index is 1.34. The summed E-state index contributed by atoms with van der Waals surface area (Å²) in [5.74, 6) is -1.47. The molecule has 3 N–H and O–H groups in total. The summed E-state index contributed by atoms with van der Waals surface area (Å²) in [5.41, 5.74) is 3.11. The first-order valence-electron chi connectivity index (χ1n) is 16.2. The van der Waals surface area contributed by atoms with Crippen LogP contribution in [0, 0.1) is 11.6 Å². The summed E-state index contributed by atoms with van der Waals surface area (Å²) in [5, 5.41) is 18.8. The summed E-state index contributed by atoms with van der Waals surface area (Å²) in [7, 11) is 0. The van der Waals surface area contributed by atoms with E-state index in [4.69, 9.17) is 9.47 Å². The van der Waals surface area contributed by atoms with Crippen LogP contribution in [0.25, 0.3) is 22.3 Å². The number of carboxylic acid groups (broad SMARTS) is 1. The number of nitrogens with zero attached hydrogens (tertiary/aromatic N) is 4. The predicted octanol–water partition coefficient (Wildman–Crippen LogP) is 7.64. The Morgan fingerprint density at radius 3 is 2.78 bits per heavy atom. The van der Waals surface area contributed by atoms with Crippen molar-refractivity contribution in [1.29, 1.82) is 0 Å². The first kappa shape index (κ1) is 32.2. The quantitative estimate of drug-likeness (QED) is 0.176. The van der Waals surface area contributed by atoms with Crippen LogP contribution in [0.15, 0.2) is 73.2 Å². The largest absolute Gasteiger partial charge is 0.481 e. The fraction of sp³-hybridized carbons (Fsp3) is 0.297. The molecule has 49 heavy (non-hydrogen) atoms. The van der Waals surface area contributed by atoms with E-state index >= 15 is 8.78 Å². The zero-order chi connectivity index (χ0) is 34.3. The van der Waals surface area contributed by atoms with Crippen LogP contribution in [0.1, 0.15) is 68.1 Å². The summed E-state index contributed by atoms with van der Waals surface area (Å²) in [4.78, 5) is 22.3. The predicted molar refractivity (Wildman–Crippen MR) is 179 cm³/mol. The maximum atomic E-state index is 15.7. The van der Waals surface area contributed by atoms with Crippen molar-refractivity contribution in [2.45, 2.75) is 64.0 Å². The van der Waals surface area contributed by atoms with E-state index in [2.05, 4.69) is 32.2 Å². The minimum atomic E-state index is -0.862. The standard InChI is InChI=1S/C37H36F2N6O4/c1-36(2)32-21-45(44-43-32)20-27-25-12-14-40-30(25)18-29(39)34(27)49-24-9-10-28(38)26(17-24)35-41-19-31(42-35)37(3,13-5-15-48-36)23-7-4-6-22(16-23)8-11-33(46)47/h4,6-7,9-10,12,14,16-19,21,40H,5,8,11,13,15,20H2,1-3H3,(H,41,42)(H,46,47). The molecular formula is C37H36F2N6O4. The number of hydrogen-bond donors (Lipinski definition) is 3. The Hall–Kier alpha value is -5.36. The van der Waals surface area contributed by atoms with Gasteiger partial charge in [-0.25, -0.2) is 18.4 Å². The van der Waals surface area contributed by atoms with Gasteiger partial charge in [-0.15, -0.1) is 5.10 Å². The lowest BCUT2D eigenvalue weighted by molar-refractivity contribution is -0.136. The topological polar surface area (TPSA) is 131 Å². The maximum absolute atomic E-state index is 15.7. The Kier molecular flexibility index (Phi) is 8.27. The third kappa shape index (κ3) is 6.31. The van der Waals surface area contributed by atoms with Crippen molar-refractivity contribution < 1.29 is 28.2 Å². The molecule has 6 bridgehead atoms. The van der Waals surface area contributed by atoms with Crippen molar-refractivity contribution in [3.05, 3.63) is 113 Å². The number of carboxylic acids is 1. The number of carbonyl (C=O) groups is 1. The van der Waals surface area contributed by atoms with Gasteiger partial charge in [0.25, 0.3) is 0 Å². The molecule has 0 saturated carbocycles. The summed E-state index contributed by atoms with van der Waals surface area (Å²) < 4.78 is 45.4. The second kappa shape index (κ2) is 12.6. The number of fused-ring (bicyclic) bond motifs is 10. The lowest BCUT2D eigenvalue weighted by Crippen LogP contribution is -2.27. The summed E-state index contributed by atoms with van der Waals surface area (Å²) in [6, 6.07) is 15.3. The molecule has 0 saturated heterocycles. The van der Waals surface area contributed by atoms with Crippen molar-refractivity contribution in [3.8, 4) is 22.9 Å². The summed E-state index contributed by atoms with van der Waals surface area (Å²) >= 11 is 0. The first-order chi connectivity index (χ1) is 23.5. The van der Waals surface area contributed by atoms with Crippen molar-refractivity contribution in [1.82, 2.24) is 29.9 Å². The van der Waals surface area contributed by atoms with Crippen LogP contribution in [0.5, 0.6) is 11.5 Å². The van der Waals surface area contributed by atoms with Gasteiger partial charge in [-0.2, -0.15) is 0 Å². The van der Waals surface area contributed by atoms with E-state index in [0.29, 0.717) is 42.6 Å². The molecule has 10 nitrogen and oxygen atoms in total. The van der Waals surface area contributed by atoms with Gasteiger partial charge in [0.1, 0.15) is 28.7 Å². The minimum Gasteiger partial charge on any atom is -0.481 e. The second-order valence-corrected chi connectivity index (χ2v) is 13.2. The van der Waals surface area contributed by atoms with Gasteiger partial charge < -0.3 is 24.5 Å². The second-order valence-electron chi connectivity index (χ2n) is 13.2. The Morgan fingerprint density at radius 1 is 1.08 bits per heavy atom. The number of hydrogen-bond acceptors (Lipinski definition) is 6. The van der Waals surface area contributed by atoms with E-state index in [1.54, 1.807) is 23.3 Å². The molecule has 6 aromatic rings. The Bertz CT molecular complexity index is 2170. The number of aromatic amines is 2. The fourth-order valence-electron chi connectivity index (χ4n) is 6.49. The lowest BCUT2D eigenvalue weighted by atomic mass is 9.75. The minimum absolute atomic E-state index is 0.00868. The number of halogens is 2. The van der Waals surface area contributed by atoms with E-state index in [1.807, 2.05) is 44.2 Å². The smallest absolute Gasteiger partial charge is 0.303 e. The molecule has 0 radical (unpaired) electrons. The van der Waals surface area contributed by atoms with Crippen LogP contribution >= 0.6 is 0 Å². The lowest BCUT2D eigenvalue weighted by Gasteiger charge is -2.31. The third-order valence-electron chi connectivity index (χ3n) is 9.40. The van der Waals surface area contributed by atoms with Gasteiger partial charge in [-0.1, -0.05) is 29.5 Å². The van der Waals surface area contributed by atoms with Crippen molar-refractivity contribution in [3.63, 3.8) is 0 Å². The third-order valence-corrected chi connectivity index (χ3v) is 9.40. The number of imidazole rings is 1. The van der Waals surface area contributed by atoms with E-state index in [-0.39, 0.29) is 35.9 Å².